The molecule has 0 saturated heterocycles. The van der Waals surface area contributed by atoms with Crippen LogP contribution in [0, 0.1) is 19.3 Å². The number of aryl methyl sites for hydroxylation is 2. The first-order chi connectivity index (χ1) is 14.2. The summed E-state index contributed by atoms with van der Waals surface area (Å²) in [7, 11) is 0. The van der Waals surface area contributed by atoms with E-state index in [4.69, 9.17) is 5.41 Å². The summed E-state index contributed by atoms with van der Waals surface area (Å²) in [6, 6.07) is 9.13. The molecule has 2 aromatic carbocycles. The van der Waals surface area contributed by atoms with Crippen LogP contribution in [0.3, 0.4) is 0 Å². The number of hydrogen-bond acceptors (Lipinski definition) is 4. The Morgan fingerprint density at radius 1 is 1.20 bits per heavy atom. The summed E-state index contributed by atoms with van der Waals surface area (Å²) in [4.78, 5) is 38.6. The number of aromatic nitrogens is 2. The van der Waals surface area contributed by atoms with Crippen LogP contribution in [0.2, 0.25) is 0 Å². The fraction of sp³-hybridized carbons (Fsp3) is 0.273. The van der Waals surface area contributed by atoms with Gasteiger partial charge in [0.15, 0.2) is 4.90 Å². The zero-order valence-corrected chi connectivity index (χ0v) is 18.0. The summed E-state index contributed by atoms with van der Waals surface area (Å²) in [6.45, 7) is 5.35. The first-order valence-corrected chi connectivity index (χ1v) is 10.0. The molecule has 0 aliphatic heterocycles. The van der Waals surface area contributed by atoms with Gasteiger partial charge in [-0.3, -0.25) is 9.36 Å². The number of rotatable bonds is 6. The zero-order valence-electron chi connectivity index (χ0n) is 17.0. The lowest BCUT2D eigenvalue weighted by Gasteiger charge is -2.18. The molecule has 1 heterocycles. The molecule has 0 aliphatic carbocycles. The molecular formula is C22H24N3O4S+. The maximum Gasteiger partial charge on any atom is 0.332 e. The van der Waals surface area contributed by atoms with E-state index in [9.17, 15) is 19.5 Å². The van der Waals surface area contributed by atoms with Gasteiger partial charge in [-0.2, -0.15) is 0 Å². The van der Waals surface area contributed by atoms with Crippen LogP contribution in [-0.2, 0) is 24.0 Å². The van der Waals surface area contributed by atoms with Crippen LogP contribution >= 0.6 is 0 Å². The molecular weight excluding hydrogens is 402 g/mol. The Bertz CT molecular complexity index is 1270. The van der Waals surface area contributed by atoms with Crippen LogP contribution in [0.4, 0.5) is 0 Å². The Kier molecular flexibility index (Phi) is 5.98. The van der Waals surface area contributed by atoms with E-state index in [1.54, 1.807) is 31.2 Å². The lowest BCUT2D eigenvalue weighted by molar-refractivity contribution is -0.141. The summed E-state index contributed by atoms with van der Waals surface area (Å²) in [6.07, 6.45) is 0.0859. The van der Waals surface area contributed by atoms with E-state index in [0.717, 1.165) is 20.6 Å². The minimum atomic E-state index is -1.28. The lowest BCUT2D eigenvalue weighted by atomic mass is 10.0. The highest BCUT2D eigenvalue weighted by Crippen LogP contribution is 2.19. The first-order valence-electron chi connectivity index (χ1n) is 9.54. The predicted molar refractivity (Wildman–Crippen MR) is 121 cm³/mol. The van der Waals surface area contributed by atoms with Crippen LogP contribution in [0.1, 0.15) is 36.1 Å². The van der Waals surface area contributed by atoms with Gasteiger partial charge < -0.3 is 10.5 Å². The molecule has 7 nitrogen and oxygen atoms in total. The molecule has 0 radical (unpaired) electrons. The number of para-hydroxylation sites is 1. The topological polar surface area (TPSA) is 105 Å². The number of carboxylic acids is 1. The van der Waals surface area contributed by atoms with Crippen molar-refractivity contribution in [1.82, 2.24) is 9.13 Å². The fourth-order valence-corrected chi connectivity index (χ4v) is 4.42. The smallest absolute Gasteiger partial charge is 0.332 e. The molecule has 0 amide bonds. The van der Waals surface area contributed by atoms with Crippen molar-refractivity contribution in [3.8, 4) is 0 Å². The molecule has 3 rings (SSSR count). The summed E-state index contributed by atoms with van der Waals surface area (Å²) < 4.78 is 2.09. The predicted octanol–water partition coefficient (Wildman–Crippen LogP) is 2.25. The third-order valence-electron chi connectivity index (χ3n) is 5.16. The van der Waals surface area contributed by atoms with Crippen LogP contribution in [-0.4, -0.2) is 25.9 Å². The Morgan fingerprint density at radius 3 is 2.47 bits per heavy atom. The van der Waals surface area contributed by atoms with Crippen molar-refractivity contribution >= 4 is 35.2 Å². The number of aliphatic carboxylic acids is 1. The van der Waals surface area contributed by atoms with Gasteiger partial charge in [0.25, 0.3) is 5.56 Å². The van der Waals surface area contributed by atoms with Crippen molar-refractivity contribution in [2.24, 2.45) is 0 Å². The first kappa shape index (κ1) is 21.6. The highest BCUT2D eigenvalue weighted by Gasteiger charge is 2.25. The largest absolute Gasteiger partial charge is 0.480 e. The Balaban J connectivity index is 2.26. The SMILES string of the molecule is CC[C@@H](C(=O)O)n1c(=O)c2ccccc2n(CC(=N)c2c(C)cc(C)cc2[SH2+])c1=O. The molecule has 0 fully saturated rings. The van der Waals surface area contributed by atoms with Crippen LogP contribution in [0.15, 0.2) is 50.9 Å². The van der Waals surface area contributed by atoms with Crippen LogP contribution < -0.4 is 11.2 Å². The molecule has 8 heteroatoms. The summed E-state index contributed by atoms with van der Waals surface area (Å²) >= 11 is 3.56. The van der Waals surface area contributed by atoms with Crippen molar-refractivity contribution in [3.05, 3.63) is 73.9 Å². The van der Waals surface area contributed by atoms with E-state index in [2.05, 4.69) is 12.6 Å². The molecule has 0 bridgehead atoms. The van der Waals surface area contributed by atoms with E-state index < -0.39 is 23.3 Å². The fourth-order valence-electron chi connectivity index (χ4n) is 3.84. The maximum absolute atomic E-state index is 13.3. The number of hydrogen-bond donors (Lipinski definition) is 2. The zero-order chi connectivity index (χ0) is 22.2. The third kappa shape index (κ3) is 3.70. The van der Waals surface area contributed by atoms with Gasteiger partial charge in [0.05, 0.1) is 28.7 Å². The second-order valence-corrected chi connectivity index (χ2v) is 7.84. The minimum absolute atomic E-state index is 0.0859. The normalized spacial score (nSPS) is 12.1. The highest BCUT2D eigenvalue weighted by molar-refractivity contribution is 7.58. The summed E-state index contributed by atoms with van der Waals surface area (Å²) in [5.41, 5.74) is 1.76. The van der Waals surface area contributed by atoms with E-state index in [1.807, 2.05) is 26.0 Å². The van der Waals surface area contributed by atoms with E-state index >= 15 is 0 Å². The highest BCUT2D eigenvalue weighted by atomic mass is 32.1. The second kappa shape index (κ2) is 8.31. The van der Waals surface area contributed by atoms with E-state index in [-0.39, 0.29) is 24.1 Å². The van der Waals surface area contributed by atoms with Crippen molar-refractivity contribution in [3.63, 3.8) is 0 Å². The van der Waals surface area contributed by atoms with Crippen LogP contribution in [0.25, 0.3) is 10.9 Å². The quantitative estimate of drug-likeness (QED) is 0.466. The van der Waals surface area contributed by atoms with Crippen molar-refractivity contribution in [1.29, 1.82) is 5.41 Å². The number of carbonyl (C=O) groups is 1. The lowest BCUT2D eigenvalue weighted by Crippen LogP contribution is -2.45. The van der Waals surface area contributed by atoms with Gasteiger partial charge in [0.1, 0.15) is 6.04 Å². The number of nitrogens with zero attached hydrogens (tertiary/aromatic N) is 2. The molecule has 3 aromatic rings. The molecule has 1 aromatic heterocycles. The van der Waals surface area contributed by atoms with Crippen molar-refractivity contribution < 1.29 is 9.90 Å². The number of carboxylic acid groups (broad SMARTS) is 1. The molecule has 0 saturated carbocycles. The molecule has 30 heavy (non-hydrogen) atoms. The minimum Gasteiger partial charge on any atom is -0.480 e. The van der Waals surface area contributed by atoms with Gasteiger partial charge in [-0.1, -0.05) is 25.1 Å². The average molecular weight is 427 g/mol. The van der Waals surface area contributed by atoms with E-state index in [1.165, 1.54) is 4.57 Å². The van der Waals surface area contributed by atoms with Crippen molar-refractivity contribution in [2.45, 2.75) is 44.7 Å². The van der Waals surface area contributed by atoms with E-state index in [0.29, 0.717) is 11.1 Å². The average Bonchev–Trinajstić information content (AvgIpc) is 2.67. The van der Waals surface area contributed by atoms with Gasteiger partial charge in [-0.25, -0.2) is 14.2 Å². The van der Waals surface area contributed by atoms with Gasteiger partial charge in [0.2, 0.25) is 0 Å². The number of benzene rings is 2. The summed E-state index contributed by atoms with van der Waals surface area (Å²) in [5, 5.41) is 18.4. The summed E-state index contributed by atoms with van der Waals surface area (Å²) in [5.74, 6) is -1.24. The number of nitrogens with one attached hydrogen (secondary N) is 1. The standard InChI is InChI=1S/C22H23N3O4S/c1-4-16(21(27)28)25-20(26)14-7-5-6-8-17(14)24(22(25)29)11-15(23)19-13(3)9-12(2)10-18(19)30/h5-10,16,23,30H,4,11H2,1-3H3,(H,27,28)/p+1/t16-/m0/s1. The van der Waals surface area contributed by atoms with Crippen molar-refractivity contribution in [2.75, 3.05) is 0 Å². The van der Waals surface area contributed by atoms with Crippen LogP contribution in [0.5, 0.6) is 0 Å². The Labute approximate surface area is 178 Å². The molecule has 0 aliphatic rings. The van der Waals surface area contributed by atoms with Gasteiger partial charge in [-0.15, -0.1) is 0 Å². The molecule has 0 spiro atoms. The van der Waals surface area contributed by atoms with Gasteiger partial charge >= 0.3 is 11.7 Å². The maximum atomic E-state index is 13.3. The molecule has 2 N–H and O–H groups in total. The third-order valence-corrected chi connectivity index (χ3v) is 5.56. The molecule has 1 atom stereocenters. The monoisotopic (exact) mass is 426 g/mol. The Hall–Kier alpha value is -3.13. The molecule has 0 unspecified atom stereocenters. The molecule has 156 valence electrons. The number of fused-ring (bicyclic) bond motifs is 1. The van der Waals surface area contributed by atoms with Gasteiger partial charge in [0, 0.05) is 0 Å². The Morgan fingerprint density at radius 2 is 1.87 bits per heavy atom. The van der Waals surface area contributed by atoms with Gasteiger partial charge in [-0.05, 0) is 62.2 Å². The second-order valence-electron chi connectivity index (χ2n) is 7.31.